The van der Waals surface area contributed by atoms with E-state index < -0.39 is 12.0 Å². The van der Waals surface area contributed by atoms with Crippen LogP contribution in [0.5, 0.6) is 0 Å². The molecule has 1 unspecified atom stereocenters. The molecule has 0 radical (unpaired) electrons. The smallest absolute Gasteiger partial charge is 0.326 e. The molecule has 0 amide bonds. The van der Waals surface area contributed by atoms with Crippen LogP contribution in [0.2, 0.25) is 0 Å². The first-order valence-corrected chi connectivity index (χ1v) is 7.59. The highest BCUT2D eigenvalue weighted by Gasteiger charge is 2.29. The van der Waals surface area contributed by atoms with E-state index in [2.05, 4.69) is 10.4 Å². The summed E-state index contributed by atoms with van der Waals surface area (Å²) in [6.45, 7) is 1.96. The van der Waals surface area contributed by atoms with Crippen molar-refractivity contribution in [1.29, 1.82) is 0 Å². The molecule has 1 aliphatic rings. The number of rotatable bonds is 4. The predicted molar refractivity (Wildman–Crippen MR) is 92.2 cm³/mol. The minimum atomic E-state index is -0.972. The van der Waals surface area contributed by atoms with Crippen molar-refractivity contribution < 1.29 is 9.90 Å². The molecule has 7 heteroatoms. The molecule has 1 aromatic carbocycles. The number of pyridine rings is 1. The number of anilines is 1. The largest absolute Gasteiger partial charge is 0.480 e. The Morgan fingerprint density at radius 1 is 1.42 bits per heavy atom. The SMILES string of the molecule is Cc1ccc(N/C=N\N)c(-c2cc3n(c(=O)c2)C(C(=O)O)CC3)c1. The van der Waals surface area contributed by atoms with Crippen LogP contribution >= 0.6 is 0 Å². The number of hydrogen-bond donors (Lipinski definition) is 3. The molecule has 2 aromatic rings. The van der Waals surface area contributed by atoms with Crippen LogP contribution in [0.1, 0.15) is 23.7 Å². The Balaban J connectivity index is 2.12. The minimum Gasteiger partial charge on any atom is -0.480 e. The van der Waals surface area contributed by atoms with Crippen molar-refractivity contribution in [3.63, 3.8) is 0 Å². The maximum Gasteiger partial charge on any atom is 0.326 e. The molecule has 0 aliphatic carbocycles. The maximum atomic E-state index is 12.5. The summed E-state index contributed by atoms with van der Waals surface area (Å²) in [6.07, 6.45) is 2.38. The Morgan fingerprint density at radius 2 is 2.21 bits per heavy atom. The molecule has 0 bridgehead atoms. The van der Waals surface area contributed by atoms with E-state index in [9.17, 15) is 14.7 Å². The predicted octanol–water partition coefficient (Wildman–Crippen LogP) is 1.71. The van der Waals surface area contributed by atoms with Gasteiger partial charge in [0.1, 0.15) is 12.4 Å². The number of fused-ring (bicyclic) bond motifs is 1. The number of aromatic nitrogens is 1. The number of hydrazone groups is 1. The van der Waals surface area contributed by atoms with Gasteiger partial charge in [-0.3, -0.25) is 9.36 Å². The van der Waals surface area contributed by atoms with Crippen molar-refractivity contribution in [1.82, 2.24) is 4.57 Å². The quantitative estimate of drug-likeness (QED) is 0.343. The second kappa shape index (κ2) is 6.19. The highest BCUT2D eigenvalue weighted by Crippen LogP contribution is 2.32. The molecule has 124 valence electrons. The van der Waals surface area contributed by atoms with Crippen LogP contribution in [0.15, 0.2) is 40.2 Å². The van der Waals surface area contributed by atoms with E-state index in [1.165, 1.54) is 17.0 Å². The van der Waals surface area contributed by atoms with Gasteiger partial charge in [0, 0.05) is 23.0 Å². The highest BCUT2D eigenvalue weighted by atomic mass is 16.4. The molecule has 7 nitrogen and oxygen atoms in total. The molecule has 1 atom stereocenters. The van der Waals surface area contributed by atoms with E-state index in [1.54, 1.807) is 0 Å². The molecule has 24 heavy (non-hydrogen) atoms. The van der Waals surface area contributed by atoms with E-state index in [1.807, 2.05) is 31.2 Å². The summed E-state index contributed by atoms with van der Waals surface area (Å²) in [5.74, 6) is 4.16. The van der Waals surface area contributed by atoms with Gasteiger partial charge in [0.15, 0.2) is 0 Å². The Hall–Kier alpha value is -3.09. The lowest BCUT2D eigenvalue weighted by Gasteiger charge is -2.14. The van der Waals surface area contributed by atoms with Gasteiger partial charge in [-0.1, -0.05) is 11.6 Å². The van der Waals surface area contributed by atoms with Crippen LogP contribution < -0.4 is 16.7 Å². The van der Waals surface area contributed by atoms with Gasteiger partial charge in [0.05, 0.1) is 0 Å². The fourth-order valence-electron chi connectivity index (χ4n) is 3.11. The number of carboxylic acid groups (broad SMARTS) is 1. The molecule has 1 aliphatic heterocycles. The number of nitrogens with two attached hydrogens (primary N) is 1. The second-order valence-corrected chi connectivity index (χ2v) is 5.81. The number of benzene rings is 1. The first kappa shape index (κ1) is 15.8. The summed E-state index contributed by atoms with van der Waals surface area (Å²) in [7, 11) is 0. The molecule has 3 rings (SSSR count). The molecule has 1 aromatic heterocycles. The summed E-state index contributed by atoms with van der Waals surface area (Å²) in [5.41, 5.74) is 3.84. The van der Waals surface area contributed by atoms with Crippen LogP contribution in [0.25, 0.3) is 11.1 Å². The van der Waals surface area contributed by atoms with Gasteiger partial charge in [-0.15, -0.1) is 0 Å². The molecular weight excluding hydrogens is 308 g/mol. The van der Waals surface area contributed by atoms with Gasteiger partial charge in [-0.2, -0.15) is 5.10 Å². The van der Waals surface area contributed by atoms with Crippen molar-refractivity contribution in [2.24, 2.45) is 10.9 Å². The van der Waals surface area contributed by atoms with Gasteiger partial charge in [0.25, 0.3) is 5.56 Å². The zero-order valence-electron chi connectivity index (χ0n) is 13.2. The minimum absolute atomic E-state index is 0.299. The fraction of sp³-hybridized carbons (Fsp3) is 0.235. The van der Waals surface area contributed by atoms with Crippen molar-refractivity contribution in [3.05, 3.63) is 51.9 Å². The molecule has 0 spiro atoms. The van der Waals surface area contributed by atoms with Crippen LogP contribution in [-0.4, -0.2) is 22.0 Å². The summed E-state index contributed by atoms with van der Waals surface area (Å²) in [6, 6.07) is 8.37. The fourth-order valence-corrected chi connectivity index (χ4v) is 3.11. The third-order valence-electron chi connectivity index (χ3n) is 4.20. The van der Waals surface area contributed by atoms with E-state index in [0.29, 0.717) is 12.8 Å². The second-order valence-electron chi connectivity index (χ2n) is 5.81. The van der Waals surface area contributed by atoms with E-state index in [-0.39, 0.29) is 5.56 Å². The molecule has 0 fully saturated rings. The van der Waals surface area contributed by atoms with Crippen LogP contribution in [0.3, 0.4) is 0 Å². The molecule has 4 N–H and O–H groups in total. The van der Waals surface area contributed by atoms with E-state index in [0.717, 1.165) is 28.1 Å². The monoisotopic (exact) mass is 326 g/mol. The number of carboxylic acids is 1. The zero-order chi connectivity index (χ0) is 17.3. The summed E-state index contributed by atoms with van der Waals surface area (Å²) in [5, 5.41) is 15.7. The average Bonchev–Trinajstić information content (AvgIpc) is 2.98. The van der Waals surface area contributed by atoms with Gasteiger partial charge >= 0.3 is 5.97 Å². The topological polar surface area (TPSA) is 110 Å². The van der Waals surface area contributed by atoms with Gasteiger partial charge in [-0.25, -0.2) is 4.79 Å². The number of nitrogens with zero attached hydrogens (tertiary/aromatic N) is 2. The van der Waals surface area contributed by atoms with E-state index in [4.69, 9.17) is 5.84 Å². The molecular formula is C17H18N4O3. The zero-order valence-corrected chi connectivity index (χ0v) is 13.2. The highest BCUT2D eigenvalue weighted by molar-refractivity contribution is 5.87. The standard InChI is InChI=1S/C17H18N4O3/c1-10-2-4-14(19-9-20-18)13(6-10)11-7-12-3-5-15(17(23)24)21(12)16(22)8-11/h2,4,6-9,15H,3,5,18H2,1H3,(H,19,20)(H,23,24). The molecule has 0 saturated heterocycles. The number of nitrogens with one attached hydrogen (secondary N) is 1. The van der Waals surface area contributed by atoms with Crippen molar-refractivity contribution >= 4 is 18.0 Å². The lowest BCUT2D eigenvalue weighted by Crippen LogP contribution is -2.27. The van der Waals surface area contributed by atoms with Crippen molar-refractivity contribution in [2.75, 3.05) is 5.32 Å². The molecule has 2 heterocycles. The number of hydrogen-bond acceptors (Lipinski definition) is 4. The summed E-state index contributed by atoms with van der Waals surface area (Å²) in [4.78, 5) is 23.8. The first-order chi connectivity index (χ1) is 11.5. The van der Waals surface area contributed by atoms with Gasteiger partial charge in [0.2, 0.25) is 0 Å². The Labute approximate surface area is 138 Å². The van der Waals surface area contributed by atoms with Gasteiger partial charge < -0.3 is 16.3 Å². The molecule has 0 saturated carbocycles. The maximum absolute atomic E-state index is 12.5. The van der Waals surface area contributed by atoms with Gasteiger partial charge in [-0.05, 0) is 43.5 Å². The number of aliphatic carboxylic acids is 1. The summed E-state index contributed by atoms with van der Waals surface area (Å²) < 4.78 is 1.37. The Morgan fingerprint density at radius 3 is 2.92 bits per heavy atom. The first-order valence-electron chi connectivity index (χ1n) is 7.59. The third-order valence-corrected chi connectivity index (χ3v) is 4.20. The van der Waals surface area contributed by atoms with Crippen LogP contribution in [0, 0.1) is 6.92 Å². The lowest BCUT2D eigenvalue weighted by atomic mass is 10.0. The number of carbonyl (C=O) groups is 1. The third kappa shape index (κ3) is 2.76. The Kier molecular flexibility index (Phi) is 4.07. The van der Waals surface area contributed by atoms with Crippen molar-refractivity contribution in [2.45, 2.75) is 25.8 Å². The van der Waals surface area contributed by atoms with E-state index >= 15 is 0 Å². The average molecular weight is 326 g/mol. The number of aryl methyl sites for hydroxylation is 2. The normalized spacial score (nSPS) is 16.3. The lowest BCUT2D eigenvalue weighted by molar-refractivity contribution is -0.140. The Bertz CT molecular complexity index is 886. The van der Waals surface area contributed by atoms with Crippen LogP contribution in [0.4, 0.5) is 5.69 Å². The van der Waals surface area contributed by atoms with Crippen LogP contribution in [-0.2, 0) is 11.2 Å². The summed E-state index contributed by atoms with van der Waals surface area (Å²) >= 11 is 0. The van der Waals surface area contributed by atoms with Crippen molar-refractivity contribution in [3.8, 4) is 11.1 Å².